The first-order valence-corrected chi connectivity index (χ1v) is 6.17. The standard InChI is InChI=1S/C12H28N2/c1-3-12(14,4-2)10-8-6-5-7-9-11-13/h3-11,13-14H2,1-2H3. The van der Waals surface area contributed by atoms with Crippen molar-refractivity contribution in [2.75, 3.05) is 6.54 Å². The van der Waals surface area contributed by atoms with Crippen LogP contribution in [0.5, 0.6) is 0 Å². The molecular formula is C12H28N2. The van der Waals surface area contributed by atoms with Crippen LogP contribution < -0.4 is 11.5 Å². The highest BCUT2D eigenvalue weighted by atomic mass is 14.7. The normalized spacial score (nSPS) is 12.0. The first-order chi connectivity index (χ1) is 6.68. The van der Waals surface area contributed by atoms with Crippen molar-refractivity contribution < 1.29 is 0 Å². The molecule has 2 nitrogen and oxygen atoms in total. The summed E-state index contributed by atoms with van der Waals surface area (Å²) in [6.07, 6.45) is 9.77. The van der Waals surface area contributed by atoms with Gasteiger partial charge in [-0.05, 0) is 32.2 Å². The molecule has 0 spiro atoms. The lowest BCUT2D eigenvalue weighted by atomic mass is 9.88. The average Bonchev–Trinajstić information content (AvgIpc) is 2.23. The Hall–Kier alpha value is -0.0800. The van der Waals surface area contributed by atoms with Gasteiger partial charge in [-0.1, -0.05) is 39.5 Å². The fourth-order valence-electron chi connectivity index (χ4n) is 1.76. The van der Waals surface area contributed by atoms with Crippen molar-refractivity contribution in [2.24, 2.45) is 11.5 Å². The van der Waals surface area contributed by atoms with E-state index >= 15 is 0 Å². The fraction of sp³-hybridized carbons (Fsp3) is 1.00. The van der Waals surface area contributed by atoms with E-state index in [1.165, 1.54) is 38.5 Å². The van der Waals surface area contributed by atoms with Crippen molar-refractivity contribution in [3.8, 4) is 0 Å². The monoisotopic (exact) mass is 200 g/mol. The first kappa shape index (κ1) is 13.9. The predicted molar refractivity (Wildman–Crippen MR) is 64.3 cm³/mol. The van der Waals surface area contributed by atoms with E-state index in [0.29, 0.717) is 0 Å². The van der Waals surface area contributed by atoms with Crippen LogP contribution >= 0.6 is 0 Å². The molecule has 0 aliphatic heterocycles. The number of unbranched alkanes of at least 4 members (excludes halogenated alkanes) is 4. The molecule has 0 heterocycles. The third-order valence-corrected chi connectivity index (χ3v) is 3.29. The fourth-order valence-corrected chi connectivity index (χ4v) is 1.76. The molecule has 14 heavy (non-hydrogen) atoms. The lowest BCUT2D eigenvalue weighted by Gasteiger charge is -2.26. The van der Waals surface area contributed by atoms with E-state index in [1.54, 1.807) is 0 Å². The van der Waals surface area contributed by atoms with Gasteiger partial charge in [0.05, 0.1) is 0 Å². The molecule has 0 unspecified atom stereocenters. The molecule has 0 aliphatic rings. The van der Waals surface area contributed by atoms with Gasteiger partial charge in [0.2, 0.25) is 0 Å². The molecule has 0 saturated heterocycles. The Bertz CT molecular complexity index is 119. The lowest BCUT2D eigenvalue weighted by molar-refractivity contribution is 0.350. The summed E-state index contributed by atoms with van der Waals surface area (Å²) in [7, 11) is 0. The Morgan fingerprint density at radius 2 is 1.36 bits per heavy atom. The molecule has 0 fully saturated rings. The van der Waals surface area contributed by atoms with E-state index in [0.717, 1.165) is 19.4 Å². The second-order valence-corrected chi connectivity index (χ2v) is 4.38. The van der Waals surface area contributed by atoms with E-state index < -0.39 is 0 Å². The van der Waals surface area contributed by atoms with Crippen LogP contribution in [0.25, 0.3) is 0 Å². The molecule has 2 heteroatoms. The minimum absolute atomic E-state index is 0.105. The van der Waals surface area contributed by atoms with Gasteiger partial charge in [0, 0.05) is 5.54 Å². The quantitative estimate of drug-likeness (QED) is 0.562. The van der Waals surface area contributed by atoms with Gasteiger partial charge in [-0.3, -0.25) is 0 Å². The van der Waals surface area contributed by atoms with Crippen LogP contribution in [0.1, 0.15) is 65.2 Å². The molecule has 0 amide bonds. The summed E-state index contributed by atoms with van der Waals surface area (Å²) >= 11 is 0. The molecule has 0 aromatic carbocycles. The Kier molecular flexibility index (Phi) is 8.20. The molecule has 0 bridgehead atoms. The molecular weight excluding hydrogens is 172 g/mol. The Morgan fingerprint density at radius 3 is 1.86 bits per heavy atom. The van der Waals surface area contributed by atoms with Crippen molar-refractivity contribution in [1.82, 2.24) is 0 Å². The largest absolute Gasteiger partial charge is 0.330 e. The summed E-state index contributed by atoms with van der Waals surface area (Å²) in [5.41, 5.74) is 11.8. The van der Waals surface area contributed by atoms with Crippen molar-refractivity contribution in [1.29, 1.82) is 0 Å². The van der Waals surface area contributed by atoms with Gasteiger partial charge in [-0.2, -0.15) is 0 Å². The number of rotatable bonds is 9. The third-order valence-electron chi connectivity index (χ3n) is 3.29. The van der Waals surface area contributed by atoms with Crippen LogP contribution in [0.3, 0.4) is 0 Å². The van der Waals surface area contributed by atoms with Crippen LogP contribution in [0.2, 0.25) is 0 Å². The molecule has 86 valence electrons. The molecule has 0 saturated carbocycles. The lowest BCUT2D eigenvalue weighted by Crippen LogP contribution is -2.38. The van der Waals surface area contributed by atoms with Crippen molar-refractivity contribution in [3.63, 3.8) is 0 Å². The molecule has 0 aromatic heterocycles. The first-order valence-electron chi connectivity index (χ1n) is 6.17. The Balaban J connectivity index is 3.34. The summed E-state index contributed by atoms with van der Waals surface area (Å²) < 4.78 is 0. The van der Waals surface area contributed by atoms with Crippen LogP contribution in [-0.2, 0) is 0 Å². The summed E-state index contributed by atoms with van der Waals surface area (Å²) in [4.78, 5) is 0. The van der Waals surface area contributed by atoms with Gasteiger partial charge in [0.15, 0.2) is 0 Å². The zero-order chi connectivity index (χ0) is 10.9. The van der Waals surface area contributed by atoms with Crippen LogP contribution in [-0.4, -0.2) is 12.1 Å². The van der Waals surface area contributed by atoms with Crippen LogP contribution in [0, 0.1) is 0 Å². The summed E-state index contributed by atoms with van der Waals surface area (Å²) in [5.74, 6) is 0. The second-order valence-electron chi connectivity index (χ2n) is 4.38. The SMILES string of the molecule is CCC(N)(CC)CCCCCCCN. The van der Waals surface area contributed by atoms with Gasteiger partial charge in [-0.15, -0.1) is 0 Å². The van der Waals surface area contributed by atoms with Gasteiger partial charge in [-0.25, -0.2) is 0 Å². The van der Waals surface area contributed by atoms with Gasteiger partial charge in [0.1, 0.15) is 0 Å². The van der Waals surface area contributed by atoms with Crippen molar-refractivity contribution in [3.05, 3.63) is 0 Å². The number of nitrogens with two attached hydrogens (primary N) is 2. The highest BCUT2D eigenvalue weighted by Crippen LogP contribution is 2.20. The molecule has 0 aliphatic carbocycles. The topological polar surface area (TPSA) is 52.0 Å². The molecule has 0 rings (SSSR count). The Labute approximate surface area is 89.4 Å². The highest BCUT2D eigenvalue weighted by Gasteiger charge is 2.18. The maximum absolute atomic E-state index is 6.22. The molecule has 4 N–H and O–H groups in total. The molecule has 0 atom stereocenters. The zero-order valence-electron chi connectivity index (χ0n) is 10.0. The maximum Gasteiger partial charge on any atom is 0.0149 e. The van der Waals surface area contributed by atoms with E-state index in [-0.39, 0.29) is 5.54 Å². The van der Waals surface area contributed by atoms with Crippen LogP contribution in [0.15, 0.2) is 0 Å². The van der Waals surface area contributed by atoms with E-state index in [4.69, 9.17) is 11.5 Å². The van der Waals surface area contributed by atoms with Gasteiger partial charge < -0.3 is 11.5 Å². The number of hydrogen-bond donors (Lipinski definition) is 2. The molecule has 0 radical (unpaired) electrons. The summed E-state index contributed by atoms with van der Waals surface area (Å²) in [6, 6.07) is 0. The third kappa shape index (κ3) is 6.39. The number of hydrogen-bond acceptors (Lipinski definition) is 2. The maximum atomic E-state index is 6.22. The molecule has 0 aromatic rings. The smallest absolute Gasteiger partial charge is 0.0149 e. The predicted octanol–water partition coefficient (Wildman–Crippen LogP) is 2.80. The second kappa shape index (κ2) is 8.25. The van der Waals surface area contributed by atoms with Crippen molar-refractivity contribution in [2.45, 2.75) is 70.8 Å². The van der Waals surface area contributed by atoms with E-state index in [1.807, 2.05) is 0 Å². The summed E-state index contributed by atoms with van der Waals surface area (Å²) in [5, 5.41) is 0. The van der Waals surface area contributed by atoms with E-state index in [2.05, 4.69) is 13.8 Å². The minimum Gasteiger partial charge on any atom is -0.330 e. The average molecular weight is 200 g/mol. The zero-order valence-corrected chi connectivity index (χ0v) is 10.0. The summed E-state index contributed by atoms with van der Waals surface area (Å²) in [6.45, 7) is 5.22. The van der Waals surface area contributed by atoms with Gasteiger partial charge >= 0.3 is 0 Å². The Morgan fingerprint density at radius 1 is 0.857 bits per heavy atom. The van der Waals surface area contributed by atoms with Crippen LogP contribution in [0.4, 0.5) is 0 Å². The van der Waals surface area contributed by atoms with Crippen molar-refractivity contribution >= 4 is 0 Å². The van der Waals surface area contributed by atoms with Gasteiger partial charge in [0.25, 0.3) is 0 Å². The highest BCUT2D eigenvalue weighted by molar-refractivity contribution is 4.80. The van der Waals surface area contributed by atoms with E-state index in [9.17, 15) is 0 Å². The minimum atomic E-state index is 0.105.